The third-order valence-corrected chi connectivity index (χ3v) is 2.34. The minimum atomic E-state index is 0.791. The molecule has 0 spiro atoms. The average molecular weight is 183 g/mol. The predicted octanol–water partition coefficient (Wildman–Crippen LogP) is 2.19. The molecule has 0 amide bonds. The molecule has 1 aromatic carbocycles. The highest BCUT2D eigenvalue weighted by molar-refractivity contribution is 5.86. The van der Waals surface area contributed by atoms with Crippen molar-refractivity contribution in [2.75, 3.05) is 0 Å². The lowest BCUT2D eigenvalue weighted by molar-refractivity contribution is 0.878. The second kappa shape index (κ2) is 2.54. The van der Waals surface area contributed by atoms with Gasteiger partial charge in [0.2, 0.25) is 0 Å². The first-order valence-electron chi connectivity index (χ1n) is 4.55. The summed E-state index contributed by atoms with van der Waals surface area (Å²) in [6.07, 6.45) is 1.85. The topological polar surface area (TPSA) is 30.2 Å². The molecule has 3 aromatic rings. The third-order valence-electron chi connectivity index (χ3n) is 2.34. The molecular weight excluding hydrogens is 174 g/mol. The molecule has 0 unspecified atom stereocenters. The van der Waals surface area contributed by atoms with Crippen LogP contribution >= 0.6 is 0 Å². The first kappa shape index (κ1) is 7.50. The van der Waals surface area contributed by atoms with Crippen molar-refractivity contribution < 1.29 is 0 Å². The first-order chi connectivity index (χ1) is 6.84. The molecule has 0 N–H and O–H groups in total. The van der Waals surface area contributed by atoms with E-state index < -0.39 is 0 Å². The Kier molecular flexibility index (Phi) is 1.36. The smallest absolute Gasteiger partial charge is 0.146 e. The van der Waals surface area contributed by atoms with Gasteiger partial charge in [0.15, 0.2) is 0 Å². The third kappa shape index (κ3) is 0.923. The summed E-state index contributed by atoms with van der Waals surface area (Å²) >= 11 is 0. The van der Waals surface area contributed by atoms with Gasteiger partial charge in [0.25, 0.3) is 0 Å². The van der Waals surface area contributed by atoms with Crippen molar-refractivity contribution in [3.05, 3.63) is 42.4 Å². The van der Waals surface area contributed by atoms with Crippen LogP contribution in [0.3, 0.4) is 0 Å². The Bertz CT molecular complexity index is 610. The Hall–Kier alpha value is -1.90. The molecule has 2 aromatic heterocycles. The van der Waals surface area contributed by atoms with Crippen LogP contribution in [0.5, 0.6) is 0 Å². The summed E-state index contributed by atoms with van der Waals surface area (Å²) in [4.78, 5) is 4.17. The number of aromatic nitrogens is 3. The summed E-state index contributed by atoms with van der Waals surface area (Å²) in [5, 5.41) is 5.57. The van der Waals surface area contributed by atoms with Crippen molar-refractivity contribution in [2.45, 2.75) is 6.92 Å². The molecule has 3 rings (SSSR count). The lowest BCUT2D eigenvalue weighted by atomic mass is 10.2. The van der Waals surface area contributed by atoms with E-state index in [4.69, 9.17) is 0 Å². The summed E-state index contributed by atoms with van der Waals surface area (Å²) in [5.41, 5.74) is 2.17. The zero-order valence-corrected chi connectivity index (χ0v) is 7.81. The van der Waals surface area contributed by atoms with Crippen LogP contribution in [0.25, 0.3) is 16.4 Å². The van der Waals surface area contributed by atoms with Gasteiger partial charge in [0.1, 0.15) is 5.82 Å². The van der Waals surface area contributed by atoms with Gasteiger partial charge in [-0.1, -0.05) is 18.2 Å². The number of rotatable bonds is 0. The molecule has 14 heavy (non-hydrogen) atoms. The molecule has 3 nitrogen and oxygen atoms in total. The number of para-hydroxylation sites is 1. The van der Waals surface area contributed by atoms with Crippen molar-refractivity contribution in [1.29, 1.82) is 0 Å². The van der Waals surface area contributed by atoms with Gasteiger partial charge in [-0.3, -0.25) is 0 Å². The van der Waals surface area contributed by atoms with Crippen LogP contribution in [-0.2, 0) is 0 Å². The summed E-state index contributed by atoms with van der Waals surface area (Å²) in [5.74, 6) is 0.791. The van der Waals surface area contributed by atoms with Crippen molar-refractivity contribution >= 4 is 16.4 Å². The molecule has 0 aliphatic rings. The number of aryl methyl sites for hydroxylation is 1. The lowest BCUT2D eigenvalue weighted by Crippen LogP contribution is -1.95. The lowest BCUT2D eigenvalue weighted by Gasteiger charge is -1.95. The van der Waals surface area contributed by atoms with Crippen molar-refractivity contribution in [3.8, 4) is 0 Å². The largest absolute Gasteiger partial charge is 0.238 e. The molecule has 0 aliphatic carbocycles. The van der Waals surface area contributed by atoms with E-state index in [9.17, 15) is 0 Å². The first-order valence-corrected chi connectivity index (χ1v) is 4.55. The maximum absolute atomic E-state index is 4.37. The summed E-state index contributed by atoms with van der Waals surface area (Å²) in [6, 6.07) is 10.3. The van der Waals surface area contributed by atoms with Gasteiger partial charge in [-0.15, -0.1) is 0 Å². The Balaban J connectivity index is 2.58. The van der Waals surface area contributed by atoms with Crippen LogP contribution < -0.4 is 0 Å². The fourth-order valence-electron chi connectivity index (χ4n) is 1.70. The Morgan fingerprint density at radius 3 is 3.00 bits per heavy atom. The Morgan fingerprint density at radius 1 is 1.21 bits per heavy atom. The second-order valence-electron chi connectivity index (χ2n) is 3.35. The van der Waals surface area contributed by atoms with Crippen LogP contribution in [0.2, 0.25) is 0 Å². The molecule has 0 bridgehead atoms. The molecule has 0 radical (unpaired) electrons. The maximum atomic E-state index is 4.37. The van der Waals surface area contributed by atoms with Gasteiger partial charge in [-0.25, -0.2) is 9.50 Å². The second-order valence-corrected chi connectivity index (χ2v) is 3.35. The van der Waals surface area contributed by atoms with E-state index in [1.54, 1.807) is 0 Å². The quantitative estimate of drug-likeness (QED) is 0.534. The van der Waals surface area contributed by atoms with Gasteiger partial charge < -0.3 is 0 Å². The standard InChI is InChI=1S/C11H9N3/c1-8-12-7-10-6-9-4-2-3-5-11(9)14(10)13-8/h2-7H,1H3. The number of hydrogen-bond donors (Lipinski definition) is 0. The zero-order valence-electron chi connectivity index (χ0n) is 7.81. The molecule has 0 aliphatic heterocycles. The SMILES string of the molecule is Cc1ncc2cc3ccccc3n2n1. The molecule has 2 heterocycles. The summed E-state index contributed by atoms with van der Waals surface area (Å²) in [7, 11) is 0. The van der Waals surface area contributed by atoms with Gasteiger partial charge in [0, 0.05) is 5.39 Å². The van der Waals surface area contributed by atoms with E-state index in [1.165, 1.54) is 5.39 Å². The van der Waals surface area contributed by atoms with E-state index in [-0.39, 0.29) is 0 Å². The predicted molar refractivity (Wildman–Crippen MR) is 55.2 cm³/mol. The molecular formula is C11H9N3. The molecule has 0 saturated heterocycles. The summed E-state index contributed by atoms with van der Waals surface area (Å²) in [6.45, 7) is 1.90. The molecule has 0 saturated carbocycles. The minimum absolute atomic E-state index is 0.791. The van der Waals surface area contributed by atoms with Crippen molar-refractivity contribution in [2.24, 2.45) is 0 Å². The van der Waals surface area contributed by atoms with E-state index in [2.05, 4.69) is 28.3 Å². The number of fused-ring (bicyclic) bond motifs is 3. The molecule has 3 heteroatoms. The van der Waals surface area contributed by atoms with E-state index >= 15 is 0 Å². The Morgan fingerprint density at radius 2 is 2.07 bits per heavy atom. The van der Waals surface area contributed by atoms with Gasteiger partial charge in [-0.2, -0.15) is 5.10 Å². The fraction of sp³-hybridized carbons (Fsp3) is 0.0909. The highest BCUT2D eigenvalue weighted by Crippen LogP contribution is 2.17. The van der Waals surface area contributed by atoms with Crippen LogP contribution in [-0.4, -0.2) is 14.6 Å². The number of nitrogens with zero attached hydrogens (tertiary/aromatic N) is 3. The maximum Gasteiger partial charge on any atom is 0.146 e. The molecule has 68 valence electrons. The number of hydrogen-bond acceptors (Lipinski definition) is 2. The highest BCUT2D eigenvalue weighted by atomic mass is 15.2. The molecule has 0 fully saturated rings. The van der Waals surface area contributed by atoms with Crippen LogP contribution in [0.15, 0.2) is 36.5 Å². The van der Waals surface area contributed by atoms with E-state index in [0.29, 0.717) is 0 Å². The highest BCUT2D eigenvalue weighted by Gasteiger charge is 2.02. The van der Waals surface area contributed by atoms with E-state index in [1.807, 2.05) is 29.8 Å². The summed E-state index contributed by atoms with van der Waals surface area (Å²) < 4.78 is 1.93. The fourth-order valence-corrected chi connectivity index (χ4v) is 1.70. The van der Waals surface area contributed by atoms with Crippen molar-refractivity contribution in [1.82, 2.24) is 14.6 Å². The number of benzene rings is 1. The van der Waals surface area contributed by atoms with Gasteiger partial charge in [0.05, 0.1) is 17.2 Å². The normalized spacial score (nSPS) is 11.2. The minimum Gasteiger partial charge on any atom is -0.238 e. The monoisotopic (exact) mass is 183 g/mol. The average Bonchev–Trinajstić information content (AvgIpc) is 2.56. The van der Waals surface area contributed by atoms with Gasteiger partial charge in [-0.05, 0) is 19.1 Å². The van der Waals surface area contributed by atoms with Crippen LogP contribution in [0, 0.1) is 6.92 Å². The van der Waals surface area contributed by atoms with Gasteiger partial charge >= 0.3 is 0 Å². The molecule has 0 atom stereocenters. The van der Waals surface area contributed by atoms with Crippen LogP contribution in [0.4, 0.5) is 0 Å². The zero-order chi connectivity index (χ0) is 9.54. The Labute approximate surface area is 81.0 Å². The van der Waals surface area contributed by atoms with E-state index in [0.717, 1.165) is 16.9 Å². The van der Waals surface area contributed by atoms with Crippen molar-refractivity contribution in [3.63, 3.8) is 0 Å². The van der Waals surface area contributed by atoms with Crippen LogP contribution in [0.1, 0.15) is 5.82 Å².